The number of aliphatic hydroxyl groups excluding tert-OH is 1. The van der Waals surface area contributed by atoms with Gasteiger partial charge >= 0.3 is 0 Å². The van der Waals surface area contributed by atoms with Gasteiger partial charge in [-0.3, -0.25) is 9.80 Å². The van der Waals surface area contributed by atoms with Crippen molar-refractivity contribution < 1.29 is 10.2 Å². The number of halogens is 3. The minimum Gasteiger partial charge on any atom is -0.393 e. The molecule has 2 aliphatic heterocycles. The number of piperazine rings is 2. The fraction of sp³-hybridized carbons (Fsp3) is 0.707. The smallest absolute Gasteiger partial charge is 0.0723 e. The Kier molecular flexibility index (Phi) is 17.0. The number of hydrogen-bond donors (Lipinski definition) is 2. The fourth-order valence-electron chi connectivity index (χ4n) is 8.30. The van der Waals surface area contributed by atoms with Gasteiger partial charge in [0.1, 0.15) is 0 Å². The molecule has 2 N–H and O–H groups in total. The van der Waals surface area contributed by atoms with Gasteiger partial charge < -0.3 is 20.0 Å². The van der Waals surface area contributed by atoms with E-state index in [1.54, 1.807) is 6.07 Å². The molecular weight excluding hydrogens is 687 g/mol. The van der Waals surface area contributed by atoms with Gasteiger partial charge in [-0.1, -0.05) is 107 Å². The van der Waals surface area contributed by atoms with Crippen molar-refractivity contribution in [2.75, 3.05) is 70.9 Å². The third-order valence-electron chi connectivity index (χ3n) is 12.1. The number of benzene rings is 2. The second-order valence-corrected chi connectivity index (χ2v) is 16.8. The van der Waals surface area contributed by atoms with Crippen molar-refractivity contribution in [2.45, 2.75) is 103 Å². The lowest BCUT2D eigenvalue weighted by Crippen LogP contribution is -2.53. The Hall–Kier alpha value is -1.09. The number of nitrogens with zero attached hydrogens (tertiary/aromatic N) is 4. The molecule has 5 atom stereocenters. The molecule has 0 spiro atoms. The van der Waals surface area contributed by atoms with Gasteiger partial charge in [0.25, 0.3) is 0 Å². The van der Waals surface area contributed by atoms with E-state index in [0.29, 0.717) is 34.8 Å². The maximum absolute atomic E-state index is 11.4. The van der Waals surface area contributed by atoms with Crippen LogP contribution in [-0.4, -0.2) is 109 Å². The van der Waals surface area contributed by atoms with E-state index >= 15 is 0 Å². The summed E-state index contributed by atoms with van der Waals surface area (Å²) < 4.78 is 0. The van der Waals surface area contributed by atoms with Crippen LogP contribution in [0, 0.1) is 17.8 Å². The topological polar surface area (TPSA) is 53.4 Å². The van der Waals surface area contributed by atoms with E-state index in [1.807, 2.05) is 37.3 Å². The summed E-state index contributed by atoms with van der Waals surface area (Å²) in [5.41, 5.74) is 1.31. The van der Waals surface area contributed by atoms with Crippen LogP contribution in [-0.2, 0) is 6.42 Å². The van der Waals surface area contributed by atoms with Crippen molar-refractivity contribution in [3.63, 3.8) is 0 Å². The largest absolute Gasteiger partial charge is 0.393 e. The van der Waals surface area contributed by atoms with Crippen molar-refractivity contribution in [3.8, 4) is 0 Å². The predicted octanol–water partition coefficient (Wildman–Crippen LogP) is 8.77. The van der Waals surface area contributed by atoms with Gasteiger partial charge in [0, 0.05) is 92.1 Å². The highest BCUT2D eigenvalue weighted by Crippen LogP contribution is 2.34. The lowest BCUT2D eigenvalue weighted by atomic mass is 9.80. The van der Waals surface area contributed by atoms with Crippen molar-refractivity contribution in [3.05, 3.63) is 63.1 Å². The summed E-state index contributed by atoms with van der Waals surface area (Å²) in [6.45, 7) is 18.0. The first-order valence-electron chi connectivity index (χ1n) is 19.4. The number of rotatable bonds is 13. The highest BCUT2D eigenvalue weighted by atomic mass is 35.5. The van der Waals surface area contributed by atoms with Crippen LogP contribution in [0.15, 0.2) is 42.5 Å². The Morgan fingerprint density at radius 1 is 0.840 bits per heavy atom. The van der Waals surface area contributed by atoms with Gasteiger partial charge in [0.05, 0.1) is 11.7 Å². The molecule has 1 saturated carbocycles. The van der Waals surface area contributed by atoms with E-state index in [2.05, 4.69) is 53.5 Å². The summed E-state index contributed by atoms with van der Waals surface area (Å²) in [7, 11) is 2.22. The second-order valence-electron chi connectivity index (χ2n) is 15.5. The van der Waals surface area contributed by atoms with Crippen LogP contribution in [0.3, 0.4) is 0 Å². The second kappa shape index (κ2) is 20.4. The summed E-state index contributed by atoms with van der Waals surface area (Å²) in [6, 6.07) is 14.1. The van der Waals surface area contributed by atoms with Gasteiger partial charge in [-0.2, -0.15) is 0 Å². The lowest BCUT2D eigenvalue weighted by molar-refractivity contribution is -0.0280. The Morgan fingerprint density at radius 3 is 2.10 bits per heavy atom. The molecule has 3 fully saturated rings. The van der Waals surface area contributed by atoms with Crippen LogP contribution in [0.4, 0.5) is 5.69 Å². The van der Waals surface area contributed by atoms with E-state index in [4.69, 9.17) is 34.8 Å². The van der Waals surface area contributed by atoms with E-state index < -0.39 is 5.60 Å². The SMILES string of the molecule is CCC(O)(Cc1ccc(Cl)cc1Cl)C(C)CN1CCN(c2cccc(Cl)c2)CC1.CCC(O)C(C)C(CC1CCCCC1)N1CCN(C)CC1. The molecule has 2 saturated heterocycles. The maximum Gasteiger partial charge on any atom is 0.0723 e. The van der Waals surface area contributed by atoms with Gasteiger partial charge in [0.2, 0.25) is 0 Å². The highest BCUT2D eigenvalue weighted by Gasteiger charge is 2.35. The average Bonchev–Trinajstić information content (AvgIpc) is 3.12. The predicted molar refractivity (Wildman–Crippen MR) is 214 cm³/mol. The molecule has 2 heterocycles. The fourth-order valence-corrected chi connectivity index (χ4v) is 8.96. The number of aliphatic hydroxyl groups is 2. The summed E-state index contributed by atoms with van der Waals surface area (Å²) in [6.07, 6.45) is 10.4. The minimum atomic E-state index is -0.804. The molecule has 2 aromatic carbocycles. The van der Waals surface area contributed by atoms with E-state index in [0.717, 1.165) is 55.6 Å². The molecule has 3 aliphatic rings. The zero-order chi connectivity index (χ0) is 36.3. The molecule has 9 heteroatoms. The van der Waals surface area contributed by atoms with Gasteiger partial charge in [-0.05, 0) is 80.0 Å². The summed E-state index contributed by atoms with van der Waals surface area (Å²) in [5, 5.41) is 23.8. The lowest BCUT2D eigenvalue weighted by Gasteiger charge is -2.43. The molecule has 5 rings (SSSR count). The third kappa shape index (κ3) is 12.2. The standard InChI is InChI=1S/C23H29Cl3N2O.C18H36N2O/c1-3-23(29,15-18-7-8-20(25)14-22(18)26)17(2)16-27-9-11-28(12-10-27)21-6-4-5-19(24)13-21;1-4-18(21)15(2)17(14-16-8-6-5-7-9-16)20-12-10-19(3)11-13-20/h4-8,13-14,17,29H,3,9-12,15-16H2,1-2H3;15-18,21H,4-14H2,1-3H3. The molecule has 5 unspecified atom stereocenters. The van der Waals surface area contributed by atoms with Crippen molar-refractivity contribution >= 4 is 40.5 Å². The summed E-state index contributed by atoms with van der Waals surface area (Å²) in [4.78, 5) is 9.91. The zero-order valence-electron chi connectivity index (χ0n) is 31.5. The quantitative estimate of drug-likeness (QED) is 0.214. The molecule has 0 bridgehead atoms. The van der Waals surface area contributed by atoms with Crippen LogP contribution in [0.1, 0.15) is 84.6 Å². The first-order chi connectivity index (χ1) is 23.9. The summed E-state index contributed by atoms with van der Waals surface area (Å²) in [5.74, 6) is 1.42. The van der Waals surface area contributed by atoms with Crippen molar-refractivity contribution in [2.24, 2.45) is 17.8 Å². The van der Waals surface area contributed by atoms with Crippen LogP contribution < -0.4 is 4.90 Å². The molecule has 2 aromatic rings. The van der Waals surface area contributed by atoms with E-state index in [1.165, 1.54) is 70.4 Å². The number of anilines is 1. The Morgan fingerprint density at radius 2 is 1.50 bits per heavy atom. The van der Waals surface area contributed by atoms with Crippen LogP contribution in [0.2, 0.25) is 15.1 Å². The number of hydrogen-bond acceptors (Lipinski definition) is 6. The van der Waals surface area contributed by atoms with Gasteiger partial charge in [-0.15, -0.1) is 0 Å². The third-order valence-corrected chi connectivity index (χ3v) is 12.9. The molecule has 0 radical (unpaired) electrons. The first kappa shape index (κ1) is 41.7. The first-order valence-corrected chi connectivity index (χ1v) is 20.6. The minimum absolute atomic E-state index is 0.122. The Labute approximate surface area is 319 Å². The monoisotopic (exact) mass is 750 g/mol. The molecule has 50 heavy (non-hydrogen) atoms. The van der Waals surface area contributed by atoms with Gasteiger partial charge in [-0.25, -0.2) is 0 Å². The number of likely N-dealkylation sites (N-methyl/N-ethyl adjacent to an activating group) is 1. The zero-order valence-corrected chi connectivity index (χ0v) is 33.7. The van der Waals surface area contributed by atoms with E-state index in [-0.39, 0.29) is 12.0 Å². The highest BCUT2D eigenvalue weighted by molar-refractivity contribution is 6.35. The molecule has 6 nitrogen and oxygen atoms in total. The summed E-state index contributed by atoms with van der Waals surface area (Å²) >= 11 is 18.5. The average molecular weight is 752 g/mol. The van der Waals surface area contributed by atoms with Gasteiger partial charge in [0.15, 0.2) is 0 Å². The van der Waals surface area contributed by atoms with Crippen molar-refractivity contribution in [1.29, 1.82) is 0 Å². The normalized spacial score (nSPS) is 22.2. The Bertz CT molecular complexity index is 1280. The van der Waals surface area contributed by atoms with Crippen molar-refractivity contribution in [1.82, 2.24) is 14.7 Å². The van der Waals surface area contributed by atoms with Crippen LogP contribution in [0.25, 0.3) is 0 Å². The molecule has 282 valence electrons. The maximum atomic E-state index is 11.4. The Balaban J connectivity index is 0.000000237. The molecule has 1 aliphatic carbocycles. The van der Waals surface area contributed by atoms with Crippen LogP contribution >= 0.6 is 34.8 Å². The molecule has 0 aromatic heterocycles. The molecule has 0 amide bonds. The van der Waals surface area contributed by atoms with Crippen LogP contribution in [0.5, 0.6) is 0 Å². The molecular formula is C41H65Cl3N4O2. The van der Waals surface area contributed by atoms with E-state index in [9.17, 15) is 10.2 Å².